The van der Waals surface area contributed by atoms with Crippen LogP contribution in [0, 0.1) is 12.8 Å². The number of carbonyl (C=O) groups is 1. The van der Waals surface area contributed by atoms with Crippen LogP contribution >= 0.6 is 0 Å². The molecular weight excluding hydrogens is 192 g/mol. The summed E-state index contributed by atoms with van der Waals surface area (Å²) in [5.41, 5.74) is 0.949. The fraction of sp³-hybridized carbons (Fsp3) is 0.636. The Morgan fingerprint density at radius 2 is 2.27 bits per heavy atom. The first-order valence-electron chi connectivity index (χ1n) is 5.43. The number of nitrogens with zero attached hydrogens (tertiary/aromatic N) is 2. The van der Waals surface area contributed by atoms with E-state index in [1.54, 1.807) is 0 Å². The van der Waals surface area contributed by atoms with Crippen LogP contribution < -0.4 is 0 Å². The van der Waals surface area contributed by atoms with Gasteiger partial charge in [-0.2, -0.15) is 5.10 Å². The lowest BCUT2D eigenvalue weighted by Gasteiger charge is -2.28. The van der Waals surface area contributed by atoms with Crippen LogP contribution in [0.4, 0.5) is 0 Å². The van der Waals surface area contributed by atoms with Crippen molar-refractivity contribution in [2.45, 2.75) is 38.6 Å². The molecule has 0 aliphatic heterocycles. The Morgan fingerprint density at radius 1 is 1.53 bits per heavy atom. The molecule has 0 saturated heterocycles. The molecule has 1 aliphatic carbocycles. The zero-order chi connectivity index (χ0) is 10.8. The maximum absolute atomic E-state index is 11.1. The molecule has 2 rings (SSSR count). The average Bonchev–Trinajstić information content (AvgIpc) is 2.65. The maximum atomic E-state index is 11.1. The van der Waals surface area contributed by atoms with Crippen molar-refractivity contribution in [3.05, 3.63) is 18.0 Å². The third-order valence-corrected chi connectivity index (χ3v) is 3.13. The summed E-state index contributed by atoms with van der Waals surface area (Å²) in [6.07, 6.45) is 5.72. The van der Waals surface area contributed by atoms with Crippen molar-refractivity contribution in [1.29, 1.82) is 0 Å². The molecule has 0 aromatic carbocycles. The van der Waals surface area contributed by atoms with Crippen molar-refractivity contribution in [2.75, 3.05) is 0 Å². The van der Waals surface area contributed by atoms with Gasteiger partial charge in [0.25, 0.3) is 0 Å². The lowest BCUT2D eigenvalue weighted by Crippen LogP contribution is -2.29. The third kappa shape index (κ3) is 2.03. The highest BCUT2D eigenvalue weighted by atomic mass is 16.4. The van der Waals surface area contributed by atoms with Crippen molar-refractivity contribution in [3.8, 4) is 0 Å². The third-order valence-electron chi connectivity index (χ3n) is 3.13. The first kappa shape index (κ1) is 10.2. The zero-order valence-electron chi connectivity index (χ0n) is 8.89. The van der Waals surface area contributed by atoms with Crippen LogP contribution in [0.2, 0.25) is 0 Å². The number of rotatable bonds is 2. The van der Waals surface area contributed by atoms with Gasteiger partial charge in [-0.3, -0.25) is 9.48 Å². The van der Waals surface area contributed by atoms with Crippen LogP contribution in [0.15, 0.2) is 12.3 Å². The van der Waals surface area contributed by atoms with Gasteiger partial charge < -0.3 is 5.11 Å². The molecule has 0 amide bonds. The van der Waals surface area contributed by atoms with Gasteiger partial charge in [0.05, 0.1) is 17.7 Å². The van der Waals surface area contributed by atoms with E-state index >= 15 is 0 Å². The highest BCUT2D eigenvalue weighted by Crippen LogP contribution is 2.33. The SMILES string of the molecule is Cc1ccn(C2CCCCC2C(=O)O)n1. The number of aliphatic carboxylic acids is 1. The quantitative estimate of drug-likeness (QED) is 0.808. The van der Waals surface area contributed by atoms with E-state index < -0.39 is 5.97 Å². The standard InChI is InChI=1S/C11H16N2O2/c1-8-6-7-13(12-8)10-5-3-2-4-9(10)11(14)15/h6-7,9-10H,2-5H2,1H3,(H,14,15). The summed E-state index contributed by atoms with van der Waals surface area (Å²) in [6.45, 7) is 1.93. The lowest BCUT2D eigenvalue weighted by atomic mass is 9.85. The molecule has 1 saturated carbocycles. The minimum Gasteiger partial charge on any atom is -0.481 e. The Bertz CT molecular complexity index is 359. The minimum atomic E-state index is -0.687. The molecule has 0 bridgehead atoms. The van der Waals surface area contributed by atoms with Crippen molar-refractivity contribution < 1.29 is 9.90 Å². The fourth-order valence-corrected chi connectivity index (χ4v) is 2.33. The number of hydrogen-bond acceptors (Lipinski definition) is 2. The van der Waals surface area contributed by atoms with Crippen LogP contribution in [0.3, 0.4) is 0 Å². The monoisotopic (exact) mass is 208 g/mol. The molecule has 2 unspecified atom stereocenters. The van der Waals surface area contributed by atoms with Crippen molar-refractivity contribution in [3.63, 3.8) is 0 Å². The van der Waals surface area contributed by atoms with Gasteiger partial charge in [0.2, 0.25) is 0 Å². The number of aromatic nitrogens is 2. The number of hydrogen-bond donors (Lipinski definition) is 1. The Hall–Kier alpha value is -1.32. The Morgan fingerprint density at radius 3 is 2.87 bits per heavy atom. The Balaban J connectivity index is 2.21. The molecule has 1 aromatic heterocycles. The van der Waals surface area contributed by atoms with E-state index in [9.17, 15) is 4.79 Å². The number of aryl methyl sites for hydroxylation is 1. The van der Waals surface area contributed by atoms with Gasteiger partial charge in [-0.25, -0.2) is 0 Å². The molecule has 1 aliphatic rings. The Kier molecular flexibility index (Phi) is 2.75. The predicted molar refractivity (Wildman–Crippen MR) is 55.6 cm³/mol. The van der Waals surface area contributed by atoms with E-state index in [0.717, 1.165) is 31.4 Å². The summed E-state index contributed by atoms with van der Waals surface area (Å²) in [5, 5.41) is 13.5. The first-order chi connectivity index (χ1) is 7.18. The molecule has 2 atom stereocenters. The van der Waals surface area contributed by atoms with Gasteiger partial charge in [0, 0.05) is 6.20 Å². The van der Waals surface area contributed by atoms with Gasteiger partial charge in [-0.15, -0.1) is 0 Å². The van der Waals surface area contributed by atoms with Gasteiger partial charge in [0.15, 0.2) is 0 Å². The van der Waals surface area contributed by atoms with E-state index in [0.29, 0.717) is 0 Å². The smallest absolute Gasteiger partial charge is 0.308 e. The van der Waals surface area contributed by atoms with E-state index in [2.05, 4.69) is 5.10 Å². The average molecular weight is 208 g/mol. The van der Waals surface area contributed by atoms with Crippen LogP contribution in [-0.2, 0) is 4.79 Å². The molecule has 15 heavy (non-hydrogen) atoms. The summed E-state index contributed by atoms with van der Waals surface area (Å²) < 4.78 is 1.83. The topological polar surface area (TPSA) is 55.1 Å². The molecule has 82 valence electrons. The van der Waals surface area contributed by atoms with E-state index in [1.807, 2.05) is 23.9 Å². The highest BCUT2D eigenvalue weighted by Gasteiger charge is 2.32. The molecule has 1 heterocycles. The molecule has 1 fully saturated rings. The number of carboxylic acid groups (broad SMARTS) is 1. The molecule has 1 aromatic rings. The second kappa shape index (κ2) is 4.04. The van der Waals surface area contributed by atoms with Gasteiger partial charge in [-0.1, -0.05) is 12.8 Å². The zero-order valence-corrected chi connectivity index (χ0v) is 8.89. The lowest BCUT2D eigenvalue weighted by molar-refractivity contribution is -0.144. The van der Waals surface area contributed by atoms with E-state index in [-0.39, 0.29) is 12.0 Å². The molecule has 0 radical (unpaired) electrons. The first-order valence-corrected chi connectivity index (χ1v) is 5.43. The molecule has 4 nitrogen and oxygen atoms in total. The molecular formula is C11H16N2O2. The second-order valence-electron chi connectivity index (χ2n) is 4.23. The van der Waals surface area contributed by atoms with Gasteiger partial charge >= 0.3 is 5.97 Å². The van der Waals surface area contributed by atoms with Crippen LogP contribution in [0.1, 0.15) is 37.4 Å². The minimum absolute atomic E-state index is 0.0462. The van der Waals surface area contributed by atoms with E-state index in [4.69, 9.17) is 5.11 Å². The van der Waals surface area contributed by atoms with Crippen LogP contribution in [-0.4, -0.2) is 20.9 Å². The summed E-state index contributed by atoms with van der Waals surface area (Å²) in [4.78, 5) is 11.1. The van der Waals surface area contributed by atoms with Crippen molar-refractivity contribution >= 4 is 5.97 Å². The van der Waals surface area contributed by atoms with Crippen molar-refractivity contribution in [2.24, 2.45) is 5.92 Å². The second-order valence-corrected chi connectivity index (χ2v) is 4.23. The van der Waals surface area contributed by atoms with Crippen LogP contribution in [0.5, 0.6) is 0 Å². The summed E-state index contributed by atoms with van der Waals surface area (Å²) >= 11 is 0. The Labute approximate surface area is 88.9 Å². The summed E-state index contributed by atoms with van der Waals surface area (Å²) in [6, 6.07) is 1.97. The molecule has 1 N–H and O–H groups in total. The predicted octanol–water partition coefficient (Wildman–Crippen LogP) is 2.01. The van der Waals surface area contributed by atoms with Gasteiger partial charge in [0.1, 0.15) is 0 Å². The summed E-state index contributed by atoms with van der Waals surface area (Å²) in [5.74, 6) is -0.953. The number of carboxylic acids is 1. The fourth-order valence-electron chi connectivity index (χ4n) is 2.33. The normalized spacial score (nSPS) is 26.5. The highest BCUT2D eigenvalue weighted by molar-refractivity contribution is 5.70. The molecule has 0 spiro atoms. The van der Waals surface area contributed by atoms with Gasteiger partial charge in [-0.05, 0) is 25.8 Å². The largest absolute Gasteiger partial charge is 0.481 e. The van der Waals surface area contributed by atoms with E-state index in [1.165, 1.54) is 0 Å². The summed E-state index contributed by atoms with van der Waals surface area (Å²) in [7, 11) is 0. The molecule has 4 heteroatoms. The maximum Gasteiger partial charge on any atom is 0.308 e. The van der Waals surface area contributed by atoms with Crippen LogP contribution in [0.25, 0.3) is 0 Å². The van der Waals surface area contributed by atoms with Crippen molar-refractivity contribution in [1.82, 2.24) is 9.78 Å².